The molecule has 3 heterocycles. The molecular weight excluding hydrogens is 268 g/mol. The van der Waals surface area contributed by atoms with E-state index < -0.39 is 10.2 Å². The summed E-state index contributed by atoms with van der Waals surface area (Å²) in [6.07, 6.45) is 3.23. The van der Waals surface area contributed by atoms with Gasteiger partial charge in [0, 0.05) is 44.0 Å². The summed E-state index contributed by atoms with van der Waals surface area (Å²) in [7, 11) is -3.39. The summed E-state index contributed by atoms with van der Waals surface area (Å²) < 4.78 is 35.8. The van der Waals surface area contributed by atoms with Crippen LogP contribution in [0, 0.1) is 0 Å². The van der Waals surface area contributed by atoms with E-state index in [0.29, 0.717) is 32.7 Å². The molecule has 1 fully saturated rings. The third-order valence-corrected chi connectivity index (χ3v) is 5.25. The van der Waals surface area contributed by atoms with E-state index in [-0.39, 0.29) is 6.04 Å². The second-order valence-electron chi connectivity index (χ2n) is 4.87. The smallest absolute Gasteiger partial charge is 0.279 e. The minimum absolute atomic E-state index is 0.0444. The lowest BCUT2D eigenvalue weighted by Gasteiger charge is -2.30. The number of nitrogens with zero attached hydrogens (tertiary/aromatic N) is 3. The van der Waals surface area contributed by atoms with Crippen molar-refractivity contribution in [3.05, 3.63) is 18.0 Å². The molecule has 0 spiro atoms. The fraction of sp³-hybridized carbons (Fsp3) is 0.727. The predicted molar refractivity (Wildman–Crippen MR) is 68.8 cm³/mol. The third kappa shape index (κ3) is 2.81. The first-order valence-corrected chi connectivity index (χ1v) is 7.95. The number of fused-ring (bicyclic) bond motifs is 1. The van der Waals surface area contributed by atoms with Crippen molar-refractivity contribution in [2.75, 3.05) is 26.3 Å². The zero-order valence-corrected chi connectivity index (χ0v) is 11.5. The minimum atomic E-state index is -3.39. The zero-order valence-electron chi connectivity index (χ0n) is 10.7. The van der Waals surface area contributed by atoms with Gasteiger partial charge in [0.1, 0.15) is 0 Å². The molecule has 2 aliphatic rings. The Morgan fingerprint density at radius 3 is 2.89 bits per heavy atom. The van der Waals surface area contributed by atoms with Gasteiger partial charge in [0.25, 0.3) is 10.2 Å². The summed E-state index contributed by atoms with van der Waals surface area (Å²) in [6, 6.07) is 1.90. The second-order valence-corrected chi connectivity index (χ2v) is 6.57. The van der Waals surface area contributed by atoms with Crippen LogP contribution < -0.4 is 4.72 Å². The highest BCUT2D eigenvalue weighted by atomic mass is 32.2. The van der Waals surface area contributed by atoms with Gasteiger partial charge in [0.2, 0.25) is 0 Å². The highest BCUT2D eigenvalue weighted by molar-refractivity contribution is 7.87. The van der Waals surface area contributed by atoms with Crippen LogP contribution in [0.15, 0.2) is 12.3 Å². The van der Waals surface area contributed by atoms with E-state index >= 15 is 0 Å². The van der Waals surface area contributed by atoms with Crippen molar-refractivity contribution in [2.24, 2.45) is 0 Å². The van der Waals surface area contributed by atoms with E-state index in [0.717, 1.165) is 18.7 Å². The quantitative estimate of drug-likeness (QED) is 0.802. The molecule has 8 heteroatoms. The monoisotopic (exact) mass is 286 g/mol. The van der Waals surface area contributed by atoms with Gasteiger partial charge in [-0.2, -0.15) is 22.5 Å². The van der Waals surface area contributed by atoms with Gasteiger partial charge >= 0.3 is 0 Å². The van der Waals surface area contributed by atoms with E-state index in [9.17, 15) is 8.42 Å². The minimum Gasteiger partial charge on any atom is -0.379 e. The molecule has 106 valence electrons. The normalized spacial score (nSPS) is 25.2. The van der Waals surface area contributed by atoms with Crippen LogP contribution in [0.3, 0.4) is 0 Å². The Hall–Kier alpha value is -0.960. The van der Waals surface area contributed by atoms with Gasteiger partial charge in [0.15, 0.2) is 0 Å². The van der Waals surface area contributed by atoms with E-state index in [1.54, 1.807) is 6.20 Å². The average Bonchev–Trinajstić information content (AvgIpc) is 2.87. The number of hydrogen-bond acceptors (Lipinski definition) is 4. The maximum absolute atomic E-state index is 12.2. The number of hydrogen-bond donors (Lipinski definition) is 1. The Bertz CT molecular complexity index is 536. The standard InChI is InChI=1S/C11H18N4O3S/c16-19(17,14-5-7-18-8-6-14)13-10-2-4-15-11(9-10)1-3-12-15/h1,3,10,13H,2,4-9H2. The lowest BCUT2D eigenvalue weighted by molar-refractivity contribution is 0.0722. The molecule has 1 N–H and O–H groups in total. The molecule has 1 unspecified atom stereocenters. The summed E-state index contributed by atoms with van der Waals surface area (Å²) in [5.41, 5.74) is 1.08. The van der Waals surface area contributed by atoms with Crippen LogP contribution in [0.2, 0.25) is 0 Å². The van der Waals surface area contributed by atoms with Gasteiger partial charge in [-0.3, -0.25) is 4.68 Å². The summed E-state index contributed by atoms with van der Waals surface area (Å²) >= 11 is 0. The fourth-order valence-corrected chi connectivity index (χ4v) is 3.94. The molecule has 0 amide bonds. The molecule has 19 heavy (non-hydrogen) atoms. The average molecular weight is 286 g/mol. The van der Waals surface area contributed by atoms with E-state index in [1.165, 1.54) is 4.31 Å². The van der Waals surface area contributed by atoms with Crippen LogP contribution >= 0.6 is 0 Å². The number of aromatic nitrogens is 2. The molecule has 0 radical (unpaired) electrons. The number of ether oxygens (including phenoxy) is 1. The molecule has 1 aromatic heterocycles. The Morgan fingerprint density at radius 1 is 1.32 bits per heavy atom. The van der Waals surface area contributed by atoms with Crippen LogP contribution in [0.1, 0.15) is 12.1 Å². The molecule has 2 aliphatic heterocycles. The van der Waals surface area contributed by atoms with Gasteiger partial charge in [0.05, 0.1) is 13.2 Å². The Morgan fingerprint density at radius 2 is 2.11 bits per heavy atom. The first-order chi connectivity index (χ1) is 9.15. The number of aryl methyl sites for hydroxylation is 1. The molecule has 0 aromatic carbocycles. The van der Waals surface area contributed by atoms with Gasteiger partial charge in [-0.15, -0.1) is 0 Å². The third-order valence-electron chi connectivity index (χ3n) is 3.57. The summed E-state index contributed by atoms with van der Waals surface area (Å²) in [6.45, 7) is 2.56. The number of rotatable bonds is 3. The van der Waals surface area contributed by atoms with Crippen molar-refractivity contribution >= 4 is 10.2 Å². The van der Waals surface area contributed by atoms with Crippen LogP contribution in [-0.2, 0) is 27.9 Å². The van der Waals surface area contributed by atoms with Crippen molar-refractivity contribution in [1.82, 2.24) is 18.8 Å². The van der Waals surface area contributed by atoms with Gasteiger partial charge < -0.3 is 4.74 Å². The molecule has 7 nitrogen and oxygen atoms in total. The molecule has 0 bridgehead atoms. The van der Waals surface area contributed by atoms with Crippen molar-refractivity contribution in [2.45, 2.75) is 25.4 Å². The van der Waals surface area contributed by atoms with Gasteiger partial charge in [-0.05, 0) is 12.5 Å². The lowest BCUT2D eigenvalue weighted by atomic mass is 10.1. The van der Waals surface area contributed by atoms with E-state index in [4.69, 9.17) is 4.74 Å². The molecule has 1 aromatic rings. The van der Waals surface area contributed by atoms with Crippen molar-refractivity contribution in [1.29, 1.82) is 0 Å². The van der Waals surface area contributed by atoms with Gasteiger partial charge in [-0.1, -0.05) is 0 Å². The summed E-state index contributed by atoms with van der Waals surface area (Å²) in [5, 5.41) is 4.19. The van der Waals surface area contributed by atoms with Crippen molar-refractivity contribution < 1.29 is 13.2 Å². The van der Waals surface area contributed by atoms with Crippen LogP contribution in [-0.4, -0.2) is 54.8 Å². The largest absolute Gasteiger partial charge is 0.379 e. The van der Waals surface area contributed by atoms with Gasteiger partial charge in [-0.25, -0.2) is 0 Å². The fourth-order valence-electron chi connectivity index (χ4n) is 2.54. The van der Waals surface area contributed by atoms with Crippen molar-refractivity contribution in [3.8, 4) is 0 Å². The molecule has 3 rings (SSSR count). The lowest BCUT2D eigenvalue weighted by Crippen LogP contribution is -2.51. The first kappa shape index (κ1) is 13.0. The number of nitrogens with one attached hydrogen (secondary N) is 1. The molecule has 0 saturated carbocycles. The summed E-state index contributed by atoms with van der Waals surface area (Å²) in [4.78, 5) is 0. The SMILES string of the molecule is O=S(=O)(NC1CCn2nccc2C1)N1CCOCC1. The Labute approximate surface area is 112 Å². The predicted octanol–water partition coefficient (Wildman–Crippen LogP) is -0.635. The molecule has 0 aliphatic carbocycles. The Balaban J connectivity index is 1.65. The second kappa shape index (κ2) is 5.20. The van der Waals surface area contributed by atoms with E-state index in [1.807, 2.05) is 10.7 Å². The Kier molecular flexibility index (Phi) is 3.57. The maximum atomic E-state index is 12.2. The zero-order chi connectivity index (χ0) is 13.3. The highest BCUT2D eigenvalue weighted by Gasteiger charge is 2.29. The summed E-state index contributed by atoms with van der Waals surface area (Å²) in [5.74, 6) is 0. The van der Waals surface area contributed by atoms with Crippen molar-refractivity contribution in [3.63, 3.8) is 0 Å². The van der Waals surface area contributed by atoms with Crippen LogP contribution in [0.5, 0.6) is 0 Å². The molecule has 1 atom stereocenters. The maximum Gasteiger partial charge on any atom is 0.279 e. The topological polar surface area (TPSA) is 76.5 Å². The van der Waals surface area contributed by atoms with E-state index in [2.05, 4.69) is 9.82 Å². The highest BCUT2D eigenvalue weighted by Crippen LogP contribution is 2.15. The number of morpholine rings is 1. The molecular formula is C11H18N4O3S. The first-order valence-electron chi connectivity index (χ1n) is 6.51. The molecule has 1 saturated heterocycles. The van der Waals surface area contributed by atoms with Crippen LogP contribution in [0.4, 0.5) is 0 Å². The van der Waals surface area contributed by atoms with Crippen LogP contribution in [0.25, 0.3) is 0 Å².